The third-order valence-corrected chi connectivity index (χ3v) is 6.69. The van der Waals surface area contributed by atoms with E-state index in [1.165, 1.54) is 89.9 Å². The van der Waals surface area contributed by atoms with Crippen molar-refractivity contribution in [3.05, 3.63) is 35.9 Å². The molecular weight excluding hydrogens is 463 g/mol. The molecule has 0 saturated carbocycles. The number of phosphoric acid groups is 1. The maximum absolute atomic E-state index is 11.0. The molecule has 1 aromatic carbocycles. The van der Waals surface area contributed by atoms with Crippen LogP contribution in [0.15, 0.2) is 30.3 Å². The van der Waals surface area contributed by atoms with Crippen molar-refractivity contribution >= 4 is 7.82 Å². The van der Waals surface area contributed by atoms with Crippen LogP contribution in [0.3, 0.4) is 0 Å². The molecule has 0 spiro atoms. The second-order valence-corrected chi connectivity index (χ2v) is 10.8. The van der Waals surface area contributed by atoms with Crippen molar-refractivity contribution in [1.82, 2.24) is 0 Å². The van der Waals surface area contributed by atoms with Gasteiger partial charge in [-0.3, -0.25) is 4.52 Å². The standard InChI is InChI=1S/C28H51O6P/c1-2-3-4-5-6-7-8-9-10-11-12-13-14-15-16-20-23-32-25-28(26-34-35(29,30)31)33-24-27-21-18-17-19-22-27/h17-19,21-22,28H,2-16,20,23-26H2,1H3,(H2,29,30,31)/t28-/m0/s1. The molecule has 35 heavy (non-hydrogen) atoms. The van der Waals surface area contributed by atoms with Crippen LogP contribution in [-0.4, -0.2) is 35.7 Å². The lowest BCUT2D eigenvalue weighted by molar-refractivity contribution is -0.0493. The number of rotatable bonds is 25. The van der Waals surface area contributed by atoms with Crippen molar-refractivity contribution in [1.29, 1.82) is 0 Å². The highest BCUT2D eigenvalue weighted by Crippen LogP contribution is 2.35. The molecule has 0 saturated heterocycles. The molecular formula is C28H51O6P. The van der Waals surface area contributed by atoms with E-state index < -0.39 is 13.9 Å². The maximum atomic E-state index is 11.0. The van der Waals surface area contributed by atoms with Crippen LogP contribution in [0.5, 0.6) is 0 Å². The summed E-state index contributed by atoms with van der Waals surface area (Å²) in [4.78, 5) is 17.9. The molecule has 2 N–H and O–H groups in total. The molecule has 0 unspecified atom stereocenters. The van der Waals surface area contributed by atoms with Crippen molar-refractivity contribution in [3.63, 3.8) is 0 Å². The van der Waals surface area contributed by atoms with Gasteiger partial charge < -0.3 is 19.3 Å². The molecule has 7 heteroatoms. The molecule has 0 aliphatic rings. The first-order valence-electron chi connectivity index (χ1n) is 13.9. The number of hydrogen-bond acceptors (Lipinski definition) is 4. The molecule has 204 valence electrons. The summed E-state index contributed by atoms with van der Waals surface area (Å²) in [5.41, 5.74) is 0.992. The van der Waals surface area contributed by atoms with Gasteiger partial charge in [0.2, 0.25) is 0 Å². The number of ether oxygens (including phenoxy) is 2. The smallest absolute Gasteiger partial charge is 0.379 e. The Morgan fingerprint density at radius 1 is 0.714 bits per heavy atom. The second-order valence-electron chi connectivity index (χ2n) is 9.58. The molecule has 0 heterocycles. The van der Waals surface area contributed by atoms with Gasteiger partial charge in [-0.25, -0.2) is 4.57 Å². The first-order valence-corrected chi connectivity index (χ1v) is 15.5. The fourth-order valence-corrected chi connectivity index (χ4v) is 4.44. The zero-order valence-electron chi connectivity index (χ0n) is 22.1. The molecule has 0 aromatic heterocycles. The molecule has 0 radical (unpaired) electrons. The van der Waals surface area contributed by atoms with Crippen molar-refractivity contribution in [2.45, 2.75) is 122 Å². The summed E-state index contributed by atoms with van der Waals surface area (Å²) < 4.78 is 27.1. The molecule has 0 amide bonds. The van der Waals surface area contributed by atoms with E-state index in [0.29, 0.717) is 13.2 Å². The van der Waals surface area contributed by atoms with E-state index in [0.717, 1.165) is 18.4 Å². The highest BCUT2D eigenvalue weighted by Gasteiger charge is 2.19. The molecule has 0 bridgehead atoms. The molecule has 1 aromatic rings. The summed E-state index contributed by atoms with van der Waals surface area (Å²) in [6.07, 6.45) is 20.8. The summed E-state index contributed by atoms with van der Waals surface area (Å²) in [5, 5.41) is 0. The minimum Gasteiger partial charge on any atom is -0.379 e. The Morgan fingerprint density at radius 3 is 1.69 bits per heavy atom. The van der Waals surface area contributed by atoms with E-state index in [4.69, 9.17) is 19.3 Å². The van der Waals surface area contributed by atoms with Crippen molar-refractivity contribution < 1.29 is 28.3 Å². The second kappa shape index (κ2) is 22.4. The maximum Gasteiger partial charge on any atom is 0.469 e. The summed E-state index contributed by atoms with van der Waals surface area (Å²) >= 11 is 0. The van der Waals surface area contributed by atoms with Gasteiger partial charge in [0.25, 0.3) is 0 Å². The highest BCUT2D eigenvalue weighted by atomic mass is 31.2. The number of benzene rings is 1. The topological polar surface area (TPSA) is 85.2 Å². The quantitative estimate of drug-likeness (QED) is 0.102. The number of hydrogen-bond donors (Lipinski definition) is 2. The van der Waals surface area contributed by atoms with Crippen molar-refractivity contribution in [2.24, 2.45) is 0 Å². The third kappa shape index (κ3) is 22.2. The Labute approximate surface area is 214 Å². The summed E-state index contributed by atoms with van der Waals surface area (Å²) in [6, 6.07) is 9.66. The minimum atomic E-state index is -4.53. The Balaban J connectivity index is 1.96. The van der Waals surface area contributed by atoms with Gasteiger partial charge >= 0.3 is 7.82 Å². The first-order chi connectivity index (χ1) is 17.0. The number of unbranched alkanes of at least 4 members (excludes halogenated alkanes) is 15. The molecule has 0 aliphatic heterocycles. The van der Waals surface area contributed by atoms with Crippen molar-refractivity contribution in [3.8, 4) is 0 Å². The lowest BCUT2D eigenvalue weighted by Gasteiger charge is -2.18. The Bertz CT molecular complexity index is 621. The van der Waals surface area contributed by atoms with E-state index >= 15 is 0 Å². The normalized spacial score (nSPS) is 12.8. The Kier molecular flexibility index (Phi) is 20.7. The van der Waals surface area contributed by atoms with Crippen LogP contribution in [0, 0.1) is 0 Å². The van der Waals surface area contributed by atoms with Crippen LogP contribution in [0.25, 0.3) is 0 Å². The van der Waals surface area contributed by atoms with Gasteiger partial charge in [0.05, 0.1) is 19.8 Å². The summed E-state index contributed by atoms with van der Waals surface area (Å²) in [5.74, 6) is 0. The zero-order valence-corrected chi connectivity index (χ0v) is 23.0. The van der Waals surface area contributed by atoms with Crippen LogP contribution in [0.4, 0.5) is 0 Å². The van der Waals surface area contributed by atoms with Crippen LogP contribution >= 0.6 is 7.82 Å². The molecule has 0 aliphatic carbocycles. The SMILES string of the molecule is CCCCCCCCCCCCCCCCCCOC[C@@H](COP(=O)(O)O)OCc1ccccc1. The summed E-state index contributed by atoms with van der Waals surface area (Å²) in [6.45, 7) is 3.30. The van der Waals surface area contributed by atoms with Gasteiger partial charge in [-0.15, -0.1) is 0 Å². The van der Waals surface area contributed by atoms with Crippen LogP contribution in [-0.2, 0) is 25.2 Å². The third-order valence-electron chi connectivity index (χ3n) is 6.20. The van der Waals surface area contributed by atoms with E-state index in [-0.39, 0.29) is 13.2 Å². The largest absolute Gasteiger partial charge is 0.469 e. The van der Waals surface area contributed by atoms with Gasteiger partial charge in [0.1, 0.15) is 6.10 Å². The summed E-state index contributed by atoms with van der Waals surface area (Å²) in [7, 11) is -4.53. The monoisotopic (exact) mass is 514 g/mol. The van der Waals surface area contributed by atoms with E-state index in [1.807, 2.05) is 30.3 Å². The fourth-order valence-electron chi connectivity index (χ4n) is 4.08. The van der Waals surface area contributed by atoms with E-state index in [1.54, 1.807) is 0 Å². The predicted molar refractivity (Wildman–Crippen MR) is 143 cm³/mol. The average Bonchev–Trinajstić information content (AvgIpc) is 2.84. The van der Waals surface area contributed by atoms with E-state index in [2.05, 4.69) is 11.4 Å². The van der Waals surface area contributed by atoms with Crippen LogP contribution in [0.2, 0.25) is 0 Å². The van der Waals surface area contributed by atoms with Crippen LogP contribution in [0.1, 0.15) is 115 Å². The molecule has 1 atom stereocenters. The minimum absolute atomic E-state index is 0.198. The van der Waals surface area contributed by atoms with Crippen molar-refractivity contribution in [2.75, 3.05) is 19.8 Å². The van der Waals surface area contributed by atoms with Gasteiger partial charge in [0.15, 0.2) is 0 Å². The fraction of sp³-hybridized carbons (Fsp3) is 0.786. The van der Waals surface area contributed by atoms with Gasteiger partial charge in [0, 0.05) is 6.61 Å². The molecule has 6 nitrogen and oxygen atoms in total. The number of phosphoric ester groups is 1. The Morgan fingerprint density at radius 2 is 1.20 bits per heavy atom. The lowest BCUT2D eigenvalue weighted by atomic mass is 10.0. The van der Waals surface area contributed by atoms with Gasteiger partial charge in [-0.05, 0) is 12.0 Å². The molecule has 0 fully saturated rings. The zero-order chi connectivity index (χ0) is 25.5. The predicted octanol–water partition coefficient (Wildman–Crippen LogP) is 7.96. The lowest BCUT2D eigenvalue weighted by Crippen LogP contribution is -2.25. The highest BCUT2D eigenvalue weighted by molar-refractivity contribution is 7.46. The van der Waals surface area contributed by atoms with Gasteiger partial charge in [-0.1, -0.05) is 134 Å². The van der Waals surface area contributed by atoms with E-state index in [9.17, 15) is 4.57 Å². The molecule has 1 rings (SSSR count). The Hall–Kier alpha value is -0.750. The van der Waals surface area contributed by atoms with Gasteiger partial charge in [-0.2, -0.15) is 0 Å². The first kappa shape index (κ1) is 32.3. The average molecular weight is 515 g/mol. The van der Waals surface area contributed by atoms with Crippen LogP contribution < -0.4 is 0 Å².